The molecule has 1 aromatic heterocycles. The van der Waals surface area contributed by atoms with Gasteiger partial charge < -0.3 is 15.1 Å². The molecule has 0 aliphatic carbocycles. The van der Waals surface area contributed by atoms with E-state index in [1.165, 1.54) is 12.3 Å². The summed E-state index contributed by atoms with van der Waals surface area (Å²) < 4.78 is 4.88. The van der Waals surface area contributed by atoms with Crippen LogP contribution in [-0.4, -0.2) is 25.0 Å². The molecular formula is C14H12ClN3O3. The van der Waals surface area contributed by atoms with E-state index in [9.17, 15) is 9.59 Å². The van der Waals surface area contributed by atoms with Crippen LogP contribution in [0.1, 0.15) is 10.4 Å². The summed E-state index contributed by atoms with van der Waals surface area (Å²) in [5.74, 6) is -0.347. The van der Waals surface area contributed by atoms with Gasteiger partial charge in [-0.3, -0.25) is 9.69 Å². The predicted molar refractivity (Wildman–Crippen MR) is 78.9 cm³/mol. The van der Waals surface area contributed by atoms with Gasteiger partial charge in [-0.15, -0.1) is 0 Å². The van der Waals surface area contributed by atoms with Gasteiger partial charge in [-0.2, -0.15) is 0 Å². The topological polar surface area (TPSA) is 74.6 Å². The summed E-state index contributed by atoms with van der Waals surface area (Å²) in [4.78, 5) is 25.1. The zero-order valence-electron chi connectivity index (χ0n) is 10.9. The number of nitrogens with one attached hydrogen (secondary N) is 2. The van der Waals surface area contributed by atoms with Gasteiger partial charge in [0.2, 0.25) is 5.22 Å². The summed E-state index contributed by atoms with van der Waals surface area (Å²) in [5.41, 5.74) is 1.67. The van der Waals surface area contributed by atoms with E-state index in [2.05, 4.69) is 10.6 Å². The van der Waals surface area contributed by atoms with Crippen molar-refractivity contribution in [3.63, 3.8) is 0 Å². The number of nitrogens with zero attached hydrogens (tertiary/aromatic N) is 1. The monoisotopic (exact) mass is 305 g/mol. The van der Waals surface area contributed by atoms with Crippen molar-refractivity contribution in [3.05, 3.63) is 47.4 Å². The first-order valence-electron chi connectivity index (χ1n) is 6.35. The molecule has 21 heavy (non-hydrogen) atoms. The molecule has 1 fully saturated rings. The van der Waals surface area contributed by atoms with Crippen molar-refractivity contribution in [2.75, 3.05) is 23.3 Å². The minimum Gasteiger partial charge on any atom is -0.452 e. The third-order valence-electron chi connectivity index (χ3n) is 3.16. The number of urea groups is 1. The van der Waals surface area contributed by atoms with E-state index in [0.29, 0.717) is 18.8 Å². The minimum absolute atomic E-state index is 0.0536. The summed E-state index contributed by atoms with van der Waals surface area (Å²) >= 11 is 5.75. The summed E-state index contributed by atoms with van der Waals surface area (Å²) in [7, 11) is 0. The molecule has 7 heteroatoms. The number of hydrogen-bond donors (Lipinski definition) is 2. The van der Waals surface area contributed by atoms with E-state index >= 15 is 0 Å². The third-order valence-corrected chi connectivity index (χ3v) is 3.45. The van der Waals surface area contributed by atoms with Crippen molar-refractivity contribution in [2.45, 2.75) is 0 Å². The molecule has 3 rings (SSSR count). The Morgan fingerprint density at radius 1 is 1.29 bits per heavy atom. The Morgan fingerprint density at radius 3 is 2.62 bits per heavy atom. The number of rotatable bonds is 3. The molecule has 0 saturated carbocycles. The molecular weight excluding hydrogens is 294 g/mol. The van der Waals surface area contributed by atoms with Crippen LogP contribution in [0.4, 0.5) is 16.2 Å². The lowest BCUT2D eigenvalue weighted by atomic mass is 10.2. The molecule has 108 valence electrons. The zero-order valence-corrected chi connectivity index (χ0v) is 11.7. The average molecular weight is 306 g/mol. The fourth-order valence-electron chi connectivity index (χ4n) is 2.10. The van der Waals surface area contributed by atoms with E-state index < -0.39 is 0 Å². The van der Waals surface area contributed by atoms with E-state index in [1.807, 2.05) is 0 Å². The summed E-state index contributed by atoms with van der Waals surface area (Å²) in [5, 5.41) is 5.50. The summed E-state index contributed by atoms with van der Waals surface area (Å²) in [6, 6.07) is 8.40. The molecule has 2 N–H and O–H groups in total. The molecule has 1 aliphatic rings. The van der Waals surface area contributed by atoms with Gasteiger partial charge in [0.25, 0.3) is 5.91 Å². The van der Waals surface area contributed by atoms with Gasteiger partial charge in [-0.25, -0.2) is 4.79 Å². The highest BCUT2D eigenvalue weighted by Gasteiger charge is 2.21. The lowest BCUT2D eigenvalue weighted by molar-refractivity contribution is 0.102. The van der Waals surface area contributed by atoms with Crippen molar-refractivity contribution in [3.8, 4) is 0 Å². The maximum absolute atomic E-state index is 12.0. The molecule has 2 aromatic rings. The quantitative estimate of drug-likeness (QED) is 0.915. The summed E-state index contributed by atoms with van der Waals surface area (Å²) in [6.07, 6.45) is 1.35. The second-order valence-corrected chi connectivity index (χ2v) is 4.84. The van der Waals surface area contributed by atoms with Crippen LogP contribution in [0.15, 0.2) is 41.0 Å². The normalized spacial score (nSPS) is 14.1. The van der Waals surface area contributed by atoms with Gasteiger partial charge in [-0.05, 0) is 41.9 Å². The number of amides is 3. The first-order chi connectivity index (χ1) is 10.1. The van der Waals surface area contributed by atoms with E-state index in [-0.39, 0.29) is 22.7 Å². The van der Waals surface area contributed by atoms with Crippen molar-refractivity contribution in [2.24, 2.45) is 0 Å². The molecule has 1 saturated heterocycles. The number of anilines is 2. The Balaban J connectivity index is 1.71. The number of furan rings is 1. The second-order valence-electron chi connectivity index (χ2n) is 4.49. The number of hydrogen-bond acceptors (Lipinski definition) is 3. The molecule has 1 aromatic carbocycles. The summed E-state index contributed by atoms with van der Waals surface area (Å²) in [6.45, 7) is 1.27. The minimum atomic E-state index is -0.347. The third kappa shape index (κ3) is 2.71. The van der Waals surface area contributed by atoms with Crippen LogP contribution < -0.4 is 15.5 Å². The van der Waals surface area contributed by atoms with Crippen LogP contribution in [0, 0.1) is 0 Å². The highest BCUT2D eigenvalue weighted by Crippen LogP contribution is 2.21. The molecule has 1 aliphatic heterocycles. The Bertz CT molecular complexity index is 681. The van der Waals surface area contributed by atoms with Crippen LogP contribution >= 0.6 is 11.6 Å². The van der Waals surface area contributed by atoms with Gasteiger partial charge in [-0.1, -0.05) is 0 Å². The van der Waals surface area contributed by atoms with Gasteiger partial charge >= 0.3 is 6.03 Å². The lowest BCUT2D eigenvalue weighted by Gasteiger charge is -2.14. The van der Waals surface area contributed by atoms with Crippen molar-refractivity contribution < 1.29 is 14.0 Å². The molecule has 6 nitrogen and oxygen atoms in total. The maximum Gasteiger partial charge on any atom is 0.321 e. The van der Waals surface area contributed by atoms with Crippen LogP contribution in [0.2, 0.25) is 5.22 Å². The fraction of sp³-hybridized carbons (Fsp3) is 0.143. The average Bonchev–Trinajstić information content (AvgIpc) is 3.08. The molecule has 0 radical (unpaired) electrons. The number of benzene rings is 1. The Labute approximate surface area is 125 Å². The standard InChI is InChI=1S/C14H12ClN3O3/c15-12-11(5-8-21-12)13(19)17-9-1-3-10(4-2-9)18-7-6-16-14(18)20/h1-5,8H,6-7H2,(H,16,20)(H,17,19). The van der Waals surface area contributed by atoms with E-state index in [1.54, 1.807) is 29.2 Å². The van der Waals surface area contributed by atoms with Gasteiger partial charge in [0.15, 0.2) is 0 Å². The predicted octanol–water partition coefficient (Wildman–Crippen LogP) is 2.71. The smallest absolute Gasteiger partial charge is 0.321 e. The molecule has 0 atom stereocenters. The number of carbonyl (C=O) groups is 2. The molecule has 2 heterocycles. The van der Waals surface area contributed by atoms with Crippen molar-refractivity contribution in [1.82, 2.24) is 5.32 Å². The van der Waals surface area contributed by atoms with E-state index in [4.69, 9.17) is 16.0 Å². The van der Waals surface area contributed by atoms with Crippen LogP contribution in [0.25, 0.3) is 0 Å². The van der Waals surface area contributed by atoms with Gasteiger partial charge in [0, 0.05) is 24.5 Å². The molecule has 0 spiro atoms. The first kappa shape index (κ1) is 13.5. The Morgan fingerprint density at radius 2 is 2.05 bits per heavy atom. The Kier molecular flexibility index (Phi) is 3.53. The molecule has 0 bridgehead atoms. The second kappa shape index (κ2) is 5.49. The maximum atomic E-state index is 12.0. The zero-order chi connectivity index (χ0) is 14.8. The van der Waals surface area contributed by atoms with Gasteiger partial charge in [0.1, 0.15) is 0 Å². The fourth-order valence-corrected chi connectivity index (χ4v) is 2.30. The Hall–Kier alpha value is -2.47. The van der Waals surface area contributed by atoms with Crippen LogP contribution in [0.3, 0.4) is 0 Å². The van der Waals surface area contributed by atoms with Crippen molar-refractivity contribution in [1.29, 1.82) is 0 Å². The highest BCUT2D eigenvalue weighted by molar-refractivity contribution is 6.32. The molecule has 0 unspecified atom stereocenters. The number of carbonyl (C=O) groups excluding carboxylic acids is 2. The van der Waals surface area contributed by atoms with Gasteiger partial charge in [0.05, 0.1) is 11.8 Å². The molecule has 3 amide bonds. The largest absolute Gasteiger partial charge is 0.452 e. The van der Waals surface area contributed by atoms with E-state index in [0.717, 1.165) is 5.69 Å². The van der Waals surface area contributed by atoms with Crippen LogP contribution in [-0.2, 0) is 0 Å². The van der Waals surface area contributed by atoms with Crippen LogP contribution in [0.5, 0.6) is 0 Å². The SMILES string of the molecule is O=C(Nc1ccc(N2CCNC2=O)cc1)c1ccoc1Cl. The number of halogens is 1. The lowest BCUT2D eigenvalue weighted by Crippen LogP contribution is -2.27. The first-order valence-corrected chi connectivity index (χ1v) is 6.73. The highest BCUT2D eigenvalue weighted by atomic mass is 35.5. The van der Waals surface area contributed by atoms with Crippen molar-refractivity contribution >= 4 is 34.9 Å².